The average molecular weight is 316 g/mol. The predicted octanol–water partition coefficient (Wildman–Crippen LogP) is 5.07. The van der Waals surface area contributed by atoms with Crippen LogP contribution in [0.5, 0.6) is 0 Å². The van der Waals surface area contributed by atoms with Gasteiger partial charge in [-0.05, 0) is 24.3 Å². The molecule has 0 aliphatic rings. The number of hydrogen-bond donors (Lipinski definition) is 0. The summed E-state index contributed by atoms with van der Waals surface area (Å²) in [5, 5.41) is 11.3. The Morgan fingerprint density at radius 3 is 2.33 bits per heavy atom. The van der Waals surface area contributed by atoms with Gasteiger partial charge in [0.1, 0.15) is 5.52 Å². The van der Waals surface area contributed by atoms with Crippen LogP contribution < -0.4 is 0 Å². The summed E-state index contributed by atoms with van der Waals surface area (Å²) < 4.78 is 5.84. The summed E-state index contributed by atoms with van der Waals surface area (Å²) in [5.74, 6) is 0.497. The topological polar surface area (TPSA) is 69.2 Å². The molecule has 1 heterocycles. The van der Waals surface area contributed by atoms with Gasteiger partial charge in [-0.1, -0.05) is 42.5 Å². The molecular weight excluding hydrogens is 304 g/mol. The van der Waals surface area contributed by atoms with E-state index in [2.05, 4.69) is 4.98 Å². The number of nitrogens with zero attached hydrogens (tertiary/aromatic N) is 2. The van der Waals surface area contributed by atoms with Gasteiger partial charge in [0.15, 0.2) is 5.58 Å². The van der Waals surface area contributed by atoms with Crippen LogP contribution in [0.2, 0.25) is 0 Å². The van der Waals surface area contributed by atoms with Gasteiger partial charge in [-0.25, -0.2) is 4.98 Å². The van der Waals surface area contributed by atoms with Crippen LogP contribution in [-0.2, 0) is 0 Å². The number of oxazole rings is 1. The smallest absolute Gasteiger partial charge is 0.277 e. The van der Waals surface area contributed by atoms with Gasteiger partial charge in [-0.15, -0.1) is 0 Å². The minimum absolute atomic E-state index is 0.0502. The molecule has 0 radical (unpaired) electrons. The molecule has 0 fully saturated rings. The molecule has 0 aliphatic heterocycles. The Morgan fingerprint density at radius 1 is 0.833 bits per heavy atom. The van der Waals surface area contributed by atoms with E-state index in [1.807, 2.05) is 48.5 Å². The summed E-state index contributed by atoms with van der Waals surface area (Å²) in [4.78, 5) is 15.5. The standard InChI is InChI=1S/C19H12N2O3/c22-21(23)16-11-5-4-9-14(16)15-10-6-12-17-18(15)20-19(24-17)13-7-2-1-3-8-13/h1-12H. The van der Waals surface area contributed by atoms with E-state index in [0.29, 0.717) is 28.1 Å². The number of rotatable bonds is 3. The van der Waals surface area contributed by atoms with Crippen molar-refractivity contribution in [3.05, 3.63) is 82.9 Å². The first kappa shape index (κ1) is 14.1. The molecule has 24 heavy (non-hydrogen) atoms. The molecule has 5 nitrogen and oxygen atoms in total. The minimum Gasteiger partial charge on any atom is -0.436 e. The quantitative estimate of drug-likeness (QED) is 0.391. The van der Waals surface area contributed by atoms with Gasteiger partial charge >= 0.3 is 0 Å². The van der Waals surface area contributed by atoms with E-state index in [0.717, 1.165) is 5.56 Å². The highest BCUT2D eigenvalue weighted by molar-refractivity contribution is 5.94. The second-order valence-electron chi connectivity index (χ2n) is 5.31. The maximum absolute atomic E-state index is 11.3. The number of nitro benzene ring substituents is 1. The third-order valence-corrected chi connectivity index (χ3v) is 3.83. The lowest BCUT2D eigenvalue weighted by Gasteiger charge is -2.03. The third-order valence-electron chi connectivity index (χ3n) is 3.83. The second kappa shape index (κ2) is 5.62. The number of aromatic nitrogens is 1. The molecule has 0 unspecified atom stereocenters. The molecular formula is C19H12N2O3. The summed E-state index contributed by atoms with van der Waals surface area (Å²) in [6.45, 7) is 0. The van der Waals surface area contributed by atoms with Crippen molar-refractivity contribution in [3.8, 4) is 22.6 Å². The van der Waals surface area contributed by atoms with Crippen LogP contribution in [0.4, 0.5) is 5.69 Å². The molecule has 1 aromatic heterocycles. The van der Waals surface area contributed by atoms with Gasteiger partial charge in [0.05, 0.1) is 10.5 Å². The predicted molar refractivity (Wildman–Crippen MR) is 91.5 cm³/mol. The van der Waals surface area contributed by atoms with Crippen molar-refractivity contribution >= 4 is 16.8 Å². The molecule has 0 saturated heterocycles. The summed E-state index contributed by atoms with van der Waals surface area (Å²) in [5.41, 5.74) is 3.35. The zero-order valence-corrected chi connectivity index (χ0v) is 12.5. The van der Waals surface area contributed by atoms with Crippen molar-refractivity contribution in [1.29, 1.82) is 0 Å². The number of para-hydroxylation sites is 2. The fraction of sp³-hybridized carbons (Fsp3) is 0. The summed E-state index contributed by atoms with van der Waals surface area (Å²) >= 11 is 0. The monoisotopic (exact) mass is 316 g/mol. The Kier molecular flexibility index (Phi) is 3.31. The fourth-order valence-corrected chi connectivity index (χ4v) is 2.73. The first-order chi connectivity index (χ1) is 11.7. The van der Waals surface area contributed by atoms with Gasteiger partial charge < -0.3 is 4.42 Å². The van der Waals surface area contributed by atoms with Crippen LogP contribution in [0.1, 0.15) is 0 Å². The summed E-state index contributed by atoms with van der Waals surface area (Å²) in [6.07, 6.45) is 0. The van der Waals surface area contributed by atoms with Gasteiger partial charge in [0.2, 0.25) is 5.89 Å². The molecule has 0 aliphatic carbocycles. The Balaban J connectivity index is 1.95. The fourth-order valence-electron chi connectivity index (χ4n) is 2.73. The molecule has 5 heteroatoms. The zero-order chi connectivity index (χ0) is 16.5. The third kappa shape index (κ3) is 2.32. The first-order valence-electron chi connectivity index (χ1n) is 7.43. The van der Waals surface area contributed by atoms with E-state index in [9.17, 15) is 10.1 Å². The maximum Gasteiger partial charge on any atom is 0.277 e. The largest absolute Gasteiger partial charge is 0.436 e. The molecule has 116 valence electrons. The molecule has 0 N–H and O–H groups in total. The second-order valence-corrected chi connectivity index (χ2v) is 5.31. The van der Waals surface area contributed by atoms with Crippen molar-refractivity contribution in [1.82, 2.24) is 4.98 Å². The van der Waals surface area contributed by atoms with Crippen LogP contribution in [-0.4, -0.2) is 9.91 Å². The highest BCUT2D eigenvalue weighted by Crippen LogP contribution is 2.36. The van der Waals surface area contributed by atoms with Crippen molar-refractivity contribution in [2.45, 2.75) is 0 Å². The lowest BCUT2D eigenvalue weighted by atomic mass is 10.0. The maximum atomic E-state index is 11.3. The van der Waals surface area contributed by atoms with Crippen LogP contribution in [0.15, 0.2) is 77.2 Å². The minimum atomic E-state index is -0.383. The van der Waals surface area contributed by atoms with Crippen LogP contribution >= 0.6 is 0 Å². The van der Waals surface area contributed by atoms with Gasteiger partial charge in [0, 0.05) is 17.2 Å². The van der Waals surface area contributed by atoms with E-state index < -0.39 is 0 Å². The van der Waals surface area contributed by atoms with Crippen LogP contribution in [0, 0.1) is 10.1 Å². The van der Waals surface area contributed by atoms with Crippen LogP contribution in [0.3, 0.4) is 0 Å². The highest BCUT2D eigenvalue weighted by Gasteiger charge is 2.19. The Hall–Kier alpha value is -3.47. The van der Waals surface area contributed by atoms with Crippen molar-refractivity contribution < 1.29 is 9.34 Å². The summed E-state index contributed by atoms with van der Waals surface area (Å²) in [6, 6.07) is 21.7. The van der Waals surface area contributed by atoms with E-state index in [4.69, 9.17) is 4.42 Å². The van der Waals surface area contributed by atoms with E-state index in [1.54, 1.807) is 18.2 Å². The number of nitro groups is 1. The Labute approximate surface area is 137 Å². The van der Waals surface area contributed by atoms with E-state index in [-0.39, 0.29) is 10.6 Å². The molecule has 3 aromatic carbocycles. The molecule has 4 aromatic rings. The Bertz CT molecular complexity index is 1040. The molecule has 0 saturated carbocycles. The molecule has 0 atom stereocenters. The molecule has 0 amide bonds. The van der Waals surface area contributed by atoms with Crippen LogP contribution in [0.25, 0.3) is 33.7 Å². The lowest BCUT2D eigenvalue weighted by Crippen LogP contribution is -1.92. The molecule has 0 spiro atoms. The van der Waals surface area contributed by atoms with Crippen molar-refractivity contribution in [2.24, 2.45) is 0 Å². The zero-order valence-electron chi connectivity index (χ0n) is 12.5. The van der Waals surface area contributed by atoms with Gasteiger partial charge in [-0.2, -0.15) is 0 Å². The van der Waals surface area contributed by atoms with Crippen molar-refractivity contribution in [2.75, 3.05) is 0 Å². The van der Waals surface area contributed by atoms with Crippen molar-refractivity contribution in [3.63, 3.8) is 0 Å². The molecule has 4 rings (SSSR count). The Morgan fingerprint density at radius 2 is 1.54 bits per heavy atom. The lowest BCUT2D eigenvalue weighted by molar-refractivity contribution is -0.384. The molecule has 0 bridgehead atoms. The number of fused-ring (bicyclic) bond motifs is 1. The summed E-state index contributed by atoms with van der Waals surface area (Å²) in [7, 11) is 0. The van der Waals surface area contributed by atoms with Gasteiger partial charge in [0.25, 0.3) is 5.69 Å². The van der Waals surface area contributed by atoms with Gasteiger partial charge in [-0.3, -0.25) is 10.1 Å². The number of benzene rings is 3. The SMILES string of the molecule is O=[N+]([O-])c1ccccc1-c1cccc2oc(-c3ccccc3)nc12. The highest BCUT2D eigenvalue weighted by atomic mass is 16.6. The average Bonchev–Trinajstić information content (AvgIpc) is 3.06. The normalized spacial score (nSPS) is 10.8. The van der Waals surface area contributed by atoms with E-state index >= 15 is 0 Å². The van der Waals surface area contributed by atoms with E-state index in [1.165, 1.54) is 6.07 Å². The first-order valence-corrected chi connectivity index (χ1v) is 7.43. The number of hydrogen-bond acceptors (Lipinski definition) is 4.